The van der Waals surface area contributed by atoms with Gasteiger partial charge in [0.2, 0.25) is 11.7 Å². The Bertz CT molecular complexity index is 641. The normalized spacial score (nSPS) is 22.1. The summed E-state index contributed by atoms with van der Waals surface area (Å²) in [4.78, 5) is 15.2. The van der Waals surface area contributed by atoms with E-state index in [2.05, 4.69) is 10.1 Å². The van der Waals surface area contributed by atoms with Crippen molar-refractivity contribution in [3.8, 4) is 11.4 Å². The molecule has 3 rings (SSSR count). The molecule has 0 spiro atoms. The molecule has 0 aliphatic heterocycles. The fraction of sp³-hybridized carbons (Fsp3) is 0.357. The molecule has 0 amide bonds. The van der Waals surface area contributed by atoms with Crippen LogP contribution in [-0.2, 0) is 4.79 Å². The molecular formula is C14H13FN2O3. The van der Waals surface area contributed by atoms with Crippen molar-refractivity contribution >= 4 is 5.97 Å². The van der Waals surface area contributed by atoms with Gasteiger partial charge in [-0.15, -0.1) is 0 Å². The molecule has 6 heteroatoms. The minimum absolute atomic E-state index is 0.0223. The third-order valence-corrected chi connectivity index (χ3v) is 3.66. The van der Waals surface area contributed by atoms with Crippen LogP contribution in [0.4, 0.5) is 4.39 Å². The monoisotopic (exact) mass is 276 g/mol. The summed E-state index contributed by atoms with van der Waals surface area (Å²) in [5.41, 5.74) is 0.549. The molecule has 0 saturated heterocycles. The Hall–Kier alpha value is -2.24. The van der Waals surface area contributed by atoms with E-state index < -0.39 is 5.97 Å². The van der Waals surface area contributed by atoms with Gasteiger partial charge in [0.25, 0.3) is 0 Å². The van der Waals surface area contributed by atoms with Crippen molar-refractivity contribution in [2.45, 2.75) is 25.2 Å². The van der Waals surface area contributed by atoms with Gasteiger partial charge in [0.05, 0.1) is 5.92 Å². The molecule has 1 saturated carbocycles. The highest BCUT2D eigenvalue weighted by atomic mass is 19.1. The molecule has 1 aliphatic rings. The van der Waals surface area contributed by atoms with E-state index in [1.807, 2.05) is 0 Å². The molecule has 20 heavy (non-hydrogen) atoms. The van der Waals surface area contributed by atoms with Crippen LogP contribution in [0.1, 0.15) is 31.1 Å². The predicted molar refractivity (Wildman–Crippen MR) is 67.4 cm³/mol. The van der Waals surface area contributed by atoms with Crippen LogP contribution in [0.15, 0.2) is 28.8 Å². The molecule has 0 radical (unpaired) electrons. The molecule has 0 bridgehead atoms. The summed E-state index contributed by atoms with van der Waals surface area (Å²) in [5.74, 6) is -0.736. The molecule has 1 fully saturated rings. The second-order valence-corrected chi connectivity index (χ2v) is 5.01. The van der Waals surface area contributed by atoms with Crippen molar-refractivity contribution in [2.75, 3.05) is 0 Å². The van der Waals surface area contributed by atoms with Gasteiger partial charge in [-0.2, -0.15) is 4.98 Å². The summed E-state index contributed by atoms with van der Waals surface area (Å²) in [6, 6.07) is 5.96. The lowest BCUT2D eigenvalue weighted by molar-refractivity contribution is -0.141. The highest BCUT2D eigenvalue weighted by molar-refractivity contribution is 5.70. The summed E-state index contributed by atoms with van der Waals surface area (Å²) in [7, 11) is 0. The van der Waals surface area contributed by atoms with Gasteiger partial charge in [-0.05, 0) is 31.4 Å². The summed E-state index contributed by atoms with van der Waals surface area (Å²) < 4.78 is 18.3. The Morgan fingerprint density at radius 3 is 2.95 bits per heavy atom. The van der Waals surface area contributed by atoms with Crippen molar-refractivity contribution < 1.29 is 18.8 Å². The molecule has 104 valence electrons. The summed E-state index contributed by atoms with van der Waals surface area (Å²) >= 11 is 0. The van der Waals surface area contributed by atoms with Gasteiger partial charge in [-0.3, -0.25) is 4.79 Å². The first-order chi connectivity index (χ1) is 9.63. The van der Waals surface area contributed by atoms with Crippen molar-refractivity contribution in [3.05, 3.63) is 36.0 Å². The van der Waals surface area contributed by atoms with Gasteiger partial charge in [0.1, 0.15) is 5.82 Å². The number of benzene rings is 1. The number of carbonyl (C=O) groups is 1. The number of hydrogen-bond donors (Lipinski definition) is 1. The minimum atomic E-state index is -0.780. The van der Waals surface area contributed by atoms with Crippen LogP contribution in [0.5, 0.6) is 0 Å². The third-order valence-electron chi connectivity index (χ3n) is 3.66. The van der Waals surface area contributed by atoms with Crippen LogP contribution < -0.4 is 0 Å². The number of aromatic nitrogens is 2. The maximum Gasteiger partial charge on any atom is 0.306 e. The smallest absolute Gasteiger partial charge is 0.306 e. The summed E-state index contributed by atoms with van der Waals surface area (Å²) in [6.45, 7) is 0. The standard InChI is InChI=1S/C14H13FN2O3/c15-11-3-1-2-8(7-11)12-16-13(20-17-12)9-4-5-10(6-9)14(18)19/h1-3,7,9-10H,4-6H2,(H,18,19). The SMILES string of the molecule is O=C(O)C1CCC(c2nc(-c3cccc(F)c3)no2)C1. The second-order valence-electron chi connectivity index (χ2n) is 5.01. The van der Waals surface area contributed by atoms with Gasteiger partial charge in [0.15, 0.2) is 0 Å². The van der Waals surface area contributed by atoms with E-state index in [1.54, 1.807) is 12.1 Å². The van der Waals surface area contributed by atoms with Crippen molar-refractivity contribution in [1.82, 2.24) is 10.1 Å². The first-order valence-electron chi connectivity index (χ1n) is 6.46. The molecule has 5 nitrogen and oxygen atoms in total. The highest BCUT2D eigenvalue weighted by Gasteiger charge is 2.33. The lowest BCUT2D eigenvalue weighted by atomic mass is 10.1. The van der Waals surface area contributed by atoms with E-state index in [-0.39, 0.29) is 17.7 Å². The average Bonchev–Trinajstić information content (AvgIpc) is 3.08. The van der Waals surface area contributed by atoms with Gasteiger partial charge in [0, 0.05) is 11.5 Å². The Morgan fingerprint density at radius 1 is 1.40 bits per heavy atom. The van der Waals surface area contributed by atoms with Crippen LogP contribution in [-0.4, -0.2) is 21.2 Å². The minimum Gasteiger partial charge on any atom is -0.481 e. The largest absolute Gasteiger partial charge is 0.481 e. The topological polar surface area (TPSA) is 76.2 Å². The number of carboxylic acid groups (broad SMARTS) is 1. The fourth-order valence-electron chi connectivity index (χ4n) is 2.58. The summed E-state index contributed by atoms with van der Waals surface area (Å²) in [6.07, 6.45) is 1.86. The van der Waals surface area contributed by atoms with Crippen LogP contribution in [0.2, 0.25) is 0 Å². The van der Waals surface area contributed by atoms with E-state index >= 15 is 0 Å². The number of halogens is 1. The zero-order valence-corrected chi connectivity index (χ0v) is 10.6. The van der Waals surface area contributed by atoms with Crippen LogP contribution in [0, 0.1) is 11.7 Å². The third kappa shape index (κ3) is 2.41. The van der Waals surface area contributed by atoms with Crippen LogP contribution in [0.25, 0.3) is 11.4 Å². The van der Waals surface area contributed by atoms with Crippen molar-refractivity contribution in [2.24, 2.45) is 5.92 Å². The van der Waals surface area contributed by atoms with Gasteiger partial charge in [-0.25, -0.2) is 4.39 Å². The number of rotatable bonds is 3. The number of aliphatic carboxylic acids is 1. The Labute approximate surface area is 114 Å². The lowest BCUT2D eigenvalue weighted by Gasteiger charge is -2.02. The highest BCUT2D eigenvalue weighted by Crippen LogP contribution is 2.38. The summed E-state index contributed by atoms with van der Waals surface area (Å²) in [5, 5.41) is 12.8. The maximum absolute atomic E-state index is 13.1. The van der Waals surface area contributed by atoms with E-state index in [1.165, 1.54) is 12.1 Å². The van der Waals surface area contributed by atoms with E-state index in [4.69, 9.17) is 9.63 Å². The molecule has 1 aromatic heterocycles. The zero-order valence-electron chi connectivity index (χ0n) is 10.6. The van der Waals surface area contributed by atoms with E-state index in [9.17, 15) is 9.18 Å². The number of hydrogen-bond acceptors (Lipinski definition) is 4. The number of carboxylic acids is 1. The van der Waals surface area contributed by atoms with Crippen LogP contribution in [0.3, 0.4) is 0 Å². The molecule has 1 aliphatic carbocycles. The molecular weight excluding hydrogens is 263 g/mol. The molecule has 1 heterocycles. The van der Waals surface area contributed by atoms with Crippen molar-refractivity contribution in [3.63, 3.8) is 0 Å². The van der Waals surface area contributed by atoms with E-state index in [0.717, 1.165) is 6.42 Å². The lowest BCUT2D eigenvalue weighted by Crippen LogP contribution is -2.09. The quantitative estimate of drug-likeness (QED) is 0.932. The first kappa shape index (κ1) is 12.8. The molecule has 1 aromatic carbocycles. The fourth-order valence-corrected chi connectivity index (χ4v) is 2.58. The van der Waals surface area contributed by atoms with Gasteiger partial charge < -0.3 is 9.63 Å². The first-order valence-corrected chi connectivity index (χ1v) is 6.46. The predicted octanol–water partition coefficient (Wildman–Crippen LogP) is 2.84. The van der Waals surface area contributed by atoms with Crippen LogP contribution >= 0.6 is 0 Å². The molecule has 2 aromatic rings. The average molecular weight is 276 g/mol. The molecule has 2 atom stereocenters. The number of nitrogens with zero attached hydrogens (tertiary/aromatic N) is 2. The van der Waals surface area contributed by atoms with Gasteiger partial charge in [-0.1, -0.05) is 17.3 Å². The molecule has 2 unspecified atom stereocenters. The van der Waals surface area contributed by atoms with Crippen molar-refractivity contribution in [1.29, 1.82) is 0 Å². The Morgan fingerprint density at radius 2 is 2.25 bits per heavy atom. The maximum atomic E-state index is 13.1. The second kappa shape index (κ2) is 5.03. The van der Waals surface area contributed by atoms with Gasteiger partial charge >= 0.3 is 5.97 Å². The Kier molecular flexibility index (Phi) is 3.22. The zero-order chi connectivity index (χ0) is 14.1. The molecule has 1 N–H and O–H groups in total. The van der Waals surface area contributed by atoms with E-state index in [0.29, 0.717) is 30.1 Å². The Balaban J connectivity index is 1.79.